The molecule has 2 rings (SSSR count). The second kappa shape index (κ2) is 6.52. The molecule has 24 heavy (non-hydrogen) atoms. The number of nitrogens with two attached hydrogens (primary N) is 1. The van der Waals surface area contributed by atoms with Gasteiger partial charge in [-0.1, -0.05) is 6.07 Å². The summed E-state index contributed by atoms with van der Waals surface area (Å²) in [5, 5.41) is 24.1. The van der Waals surface area contributed by atoms with E-state index in [-0.39, 0.29) is 16.8 Å². The van der Waals surface area contributed by atoms with Crippen LogP contribution in [0.3, 0.4) is 0 Å². The fourth-order valence-electron chi connectivity index (χ4n) is 1.92. The average Bonchev–Trinajstić information content (AvgIpc) is 2.54. The lowest BCUT2D eigenvalue weighted by molar-refractivity contribution is -0.422. The maximum atomic E-state index is 12.1. The van der Waals surface area contributed by atoms with Crippen molar-refractivity contribution in [2.75, 3.05) is 5.32 Å². The Kier molecular flexibility index (Phi) is 4.50. The van der Waals surface area contributed by atoms with Crippen molar-refractivity contribution >= 4 is 28.9 Å². The number of hydrogen-bond acceptors (Lipinski definition) is 6. The normalized spacial score (nSPS) is 10.0. The molecular formula is C14H10N4O6. The van der Waals surface area contributed by atoms with Gasteiger partial charge in [-0.25, -0.2) is 0 Å². The number of benzene rings is 2. The Labute approximate surface area is 134 Å². The minimum atomic E-state index is -0.942. The van der Waals surface area contributed by atoms with Gasteiger partial charge in [0.1, 0.15) is 0 Å². The monoisotopic (exact) mass is 330 g/mol. The topological polar surface area (TPSA) is 158 Å². The van der Waals surface area contributed by atoms with Gasteiger partial charge in [-0.3, -0.25) is 29.8 Å². The van der Waals surface area contributed by atoms with Crippen LogP contribution in [0.15, 0.2) is 42.5 Å². The van der Waals surface area contributed by atoms with Crippen LogP contribution in [-0.2, 0) is 0 Å². The molecule has 10 nitrogen and oxygen atoms in total. The minimum Gasteiger partial charge on any atom is -0.366 e. The molecule has 0 aliphatic rings. The predicted octanol–water partition coefficient (Wildman–Crippen LogP) is 1.85. The minimum absolute atomic E-state index is 0.142. The third kappa shape index (κ3) is 3.50. The van der Waals surface area contributed by atoms with Gasteiger partial charge >= 0.3 is 11.4 Å². The summed E-state index contributed by atoms with van der Waals surface area (Å²) in [6.07, 6.45) is 0. The molecule has 0 saturated heterocycles. The number of nitrogens with one attached hydrogen (secondary N) is 1. The van der Waals surface area contributed by atoms with E-state index < -0.39 is 33.0 Å². The molecule has 0 spiro atoms. The van der Waals surface area contributed by atoms with E-state index in [1.165, 1.54) is 24.3 Å². The van der Waals surface area contributed by atoms with Crippen LogP contribution < -0.4 is 11.1 Å². The molecule has 0 aliphatic heterocycles. The van der Waals surface area contributed by atoms with E-state index in [1.807, 2.05) is 0 Å². The number of anilines is 1. The van der Waals surface area contributed by atoms with Gasteiger partial charge in [0, 0.05) is 28.9 Å². The summed E-state index contributed by atoms with van der Waals surface area (Å²) in [6, 6.07) is 8.56. The smallest absolute Gasteiger partial charge is 0.346 e. The molecule has 2 aromatic rings. The lowest BCUT2D eigenvalue weighted by Crippen LogP contribution is -2.14. The Bertz CT molecular complexity index is 864. The number of rotatable bonds is 5. The molecule has 122 valence electrons. The fourth-order valence-corrected chi connectivity index (χ4v) is 1.92. The lowest BCUT2D eigenvalue weighted by atomic mass is 10.1. The molecule has 0 aromatic heterocycles. The third-order valence-electron chi connectivity index (χ3n) is 3.04. The predicted molar refractivity (Wildman–Crippen MR) is 82.7 cm³/mol. The van der Waals surface area contributed by atoms with E-state index >= 15 is 0 Å². The Hall–Kier alpha value is -3.82. The maximum absolute atomic E-state index is 12.1. The number of primary amides is 1. The molecule has 0 radical (unpaired) electrons. The first-order chi connectivity index (χ1) is 11.3. The van der Waals surface area contributed by atoms with Crippen molar-refractivity contribution < 1.29 is 19.4 Å². The SMILES string of the molecule is NC(=O)c1cccc(NC(=O)c2ccc([N+](=O)[O-])c([N+](=O)[O-])c2)c1. The second-order valence-corrected chi connectivity index (χ2v) is 4.62. The zero-order chi connectivity index (χ0) is 17.9. The molecule has 0 saturated carbocycles. The molecule has 0 heterocycles. The molecule has 0 atom stereocenters. The maximum Gasteiger partial charge on any atom is 0.346 e. The summed E-state index contributed by atoms with van der Waals surface area (Å²) in [7, 11) is 0. The van der Waals surface area contributed by atoms with Gasteiger partial charge in [0.2, 0.25) is 5.91 Å². The Morgan fingerprint density at radius 1 is 0.917 bits per heavy atom. The van der Waals surface area contributed by atoms with Crippen LogP contribution in [0.4, 0.5) is 17.1 Å². The number of hydrogen-bond donors (Lipinski definition) is 2. The van der Waals surface area contributed by atoms with E-state index in [1.54, 1.807) is 0 Å². The summed E-state index contributed by atoms with van der Waals surface area (Å²) in [5.74, 6) is -1.41. The molecule has 0 fully saturated rings. The van der Waals surface area contributed by atoms with Crippen molar-refractivity contribution in [1.29, 1.82) is 0 Å². The van der Waals surface area contributed by atoms with Gasteiger partial charge in [0.25, 0.3) is 5.91 Å². The van der Waals surface area contributed by atoms with E-state index in [2.05, 4.69) is 5.32 Å². The Balaban J connectivity index is 2.32. The van der Waals surface area contributed by atoms with Crippen LogP contribution in [0.25, 0.3) is 0 Å². The molecule has 2 amide bonds. The molecule has 0 aliphatic carbocycles. The highest BCUT2D eigenvalue weighted by Crippen LogP contribution is 2.27. The van der Waals surface area contributed by atoms with Crippen molar-refractivity contribution in [2.24, 2.45) is 5.73 Å². The first kappa shape index (κ1) is 16.5. The van der Waals surface area contributed by atoms with Crippen molar-refractivity contribution in [3.63, 3.8) is 0 Å². The van der Waals surface area contributed by atoms with E-state index in [9.17, 15) is 29.8 Å². The Morgan fingerprint density at radius 2 is 1.58 bits per heavy atom. The first-order valence-electron chi connectivity index (χ1n) is 6.43. The van der Waals surface area contributed by atoms with E-state index in [0.29, 0.717) is 0 Å². The molecule has 10 heteroatoms. The van der Waals surface area contributed by atoms with Crippen LogP contribution in [-0.4, -0.2) is 21.7 Å². The van der Waals surface area contributed by atoms with Crippen LogP contribution in [0.2, 0.25) is 0 Å². The highest BCUT2D eigenvalue weighted by atomic mass is 16.6. The van der Waals surface area contributed by atoms with Gasteiger partial charge in [-0.05, 0) is 24.3 Å². The Morgan fingerprint density at radius 3 is 2.17 bits per heavy atom. The molecule has 3 N–H and O–H groups in total. The zero-order valence-electron chi connectivity index (χ0n) is 12.0. The lowest BCUT2D eigenvalue weighted by Gasteiger charge is -2.06. The molecule has 0 unspecified atom stereocenters. The summed E-state index contributed by atoms with van der Waals surface area (Å²) >= 11 is 0. The summed E-state index contributed by atoms with van der Waals surface area (Å²) < 4.78 is 0. The number of nitro groups is 2. The van der Waals surface area contributed by atoms with Crippen molar-refractivity contribution in [1.82, 2.24) is 0 Å². The summed E-state index contributed by atoms with van der Waals surface area (Å²) in [5.41, 5.74) is 3.90. The quantitative estimate of drug-likeness (QED) is 0.628. The zero-order valence-corrected chi connectivity index (χ0v) is 12.0. The highest BCUT2D eigenvalue weighted by Gasteiger charge is 2.25. The number of carbonyl (C=O) groups is 2. The van der Waals surface area contributed by atoms with Crippen LogP contribution in [0.1, 0.15) is 20.7 Å². The van der Waals surface area contributed by atoms with Gasteiger partial charge in [0.15, 0.2) is 0 Å². The van der Waals surface area contributed by atoms with Gasteiger partial charge in [-0.2, -0.15) is 0 Å². The van der Waals surface area contributed by atoms with Gasteiger partial charge < -0.3 is 11.1 Å². The second-order valence-electron chi connectivity index (χ2n) is 4.62. The van der Waals surface area contributed by atoms with Crippen LogP contribution in [0.5, 0.6) is 0 Å². The average molecular weight is 330 g/mol. The number of nitro benzene ring substituents is 2. The highest BCUT2D eigenvalue weighted by molar-refractivity contribution is 6.05. The van der Waals surface area contributed by atoms with Crippen LogP contribution in [0, 0.1) is 20.2 Å². The summed E-state index contributed by atoms with van der Waals surface area (Å²) in [6.45, 7) is 0. The van der Waals surface area contributed by atoms with Crippen LogP contribution >= 0.6 is 0 Å². The fraction of sp³-hybridized carbons (Fsp3) is 0. The van der Waals surface area contributed by atoms with Gasteiger partial charge in [0.05, 0.1) is 9.85 Å². The first-order valence-corrected chi connectivity index (χ1v) is 6.43. The largest absolute Gasteiger partial charge is 0.366 e. The van der Waals surface area contributed by atoms with E-state index in [4.69, 9.17) is 5.73 Å². The molecular weight excluding hydrogens is 320 g/mol. The van der Waals surface area contributed by atoms with Crippen molar-refractivity contribution in [3.05, 3.63) is 73.8 Å². The number of amides is 2. The summed E-state index contributed by atoms with van der Waals surface area (Å²) in [4.78, 5) is 43.0. The standard InChI is InChI=1S/C14H10N4O6/c15-13(19)8-2-1-3-10(6-8)16-14(20)9-4-5-11(17(21)22)12(7-9)18(23)24/h1-7H,(H2,15,19)(H,16,20). The van der Waals surface area contributed by atoms with Crippen molar-refractivity contribution in [3.8, 4) is 0 Å². The molecule has 2 aromatic carbocycles. The third-order valence-corrected chi connectivity index (χ3v) is 3.04. The number of nitrogens with zero attached hydrogens (tertiary/aromatic N) is 2. The number of carbonyl (C=O) groups excluding carboxylic acids is 2. The van der Waals surface area contributed by atoms with Crippen molar-refractivity contribution in [2.45, 2.75) is 0 Å². The van der Waals surface area contributed by atoms with E-state index in [0.717, 1.165) is 18.2 Å². The van der Waals surface area contributed by atoms with Gasteiger partial charge in [-0.15, -0.1) is 0 Å². The molecule has 0 bridgehead atoms.